The fraction of sp³-hybridized carbons (Fsp3) is 0.588. The van der Waals surface area contributed by atoms with E-state index >= 15 is 0 Å². The first-order chi connectivity index (χ1) is 11.2. The highest BCUT2D eigenvalue weighted by molar-refractivity contribution is 7.89. The van der Waals surface area contributed by atoms with Gasteiger partial charge in [-0.2, -0.15) is 0 Å². The Morgan fingerprint density at radius 1 is 1.17 bits per heavy atom. The third-order valence-corrected chi connectivity index (χ3v) is 6.62. The lowest BCUT2D eigenvalue weighted by Gasteiger charge is -2.25. The van der Waals surface area contributed by atoms with Crippen molar-refractivity contribution in [1.29, 1.82) is 0 Å². The van der Waals surface area contributed by atoms with E-state index in [0.29, 0.717) is 11.2 Å². The van der Waals surface area contributed by atoms with Crippen LogP contribution in [0.5, 0.6) is 0 Å². The number of benzene rings is 1. The second-order valence-electron chi connectivity index (χ2n) is 6.63. The van der Waals surface area contributed by atoms with Gasteiger partial charge in [0.05, 0.1) is 4.90 Å². The molecule has 134 valence electrons. The number of anilines is 1. The van der Waals surface area contributed by atoms with Crippen molar-refractivity contribution in [3.05, 3.63) is 23.3 Å². The molecular formula is C17H27N3O2S2. The van der Waals surface area contributed by atoms with E-state index < -0.39 is 10.0 Å². The molecular weight excluding hydrogens is 342 g/mol. The molecule has 1 fully saturated rings. The van der Waals surface area contributed by atoms with Crippen molar-refractivity contribution >= 4 is 33.0 Å². The molecule has 1 aliphatic rings. The van der Waals surface area contributed by atoms with Crippen molar-refractivity contribution in [2.75, 3.05) is 19.4 Å². The van der Waals surface area contributed by atoms with Gasteiger partial charge in [-0.1, -0.05) is 19.3 Å². The average Bonchev–Trinajstić information content (AvgIpc) is 2.52. The number of sulfonamides is 1. The molecule has 2 N–H and O–H groups in total. The fourth-order valence-corrected chi connectivity index (χ4v) is 4.20. The number of thiocarbonyl (C=S) groups is 1. The molecule has 1 aliphatic carbocycles. The van der Waals surface area contributed by atoms with Crippen LogP contribution in [0.1, 0.15) is 43.2 Å². The van der Waals surface area contributed by atoms with Crippen LogP contribution in [0.3, 0.4) is 0 Å². The van der Waals surface area contributed by atoms with Crippen LogP contribution in [0, 0.1) is 13.8 Å². The molecule has 0 spiro atoms. The van der Waals surface area contributed by atoms with E-state index in [-0.39, 0.29) is 4.90 Å². The van der Waals surface area contributed by atoms with Crippen LogP contribution in [-0.4, -0.2) is 38.0 Å². The highest BCUT2D eigenvalue weighted by Crippen LogP contribution is 2.26. The van der Waals surface area contributed by atoms with E-state index in [1.807, 2.05) is 13.8 Å². The quantitative estimate of drug-likeness (QED) is 0.798. The Morgan fingerprint density at radius 2 is 1.79 bits per heavy atom. The molecule has 0 amide bonds. The molecule has 2 rings (SSSR count). The first-order valence-corrected chi connectivity index (χ1v) is 10.2. The van der Waals surface area contributed by atoms with E-state index in [1.165, 1.54) is 37.7 Å². The highest BCUT2D eigenvalue weighted by Gasteiger charge is 2.20. The molecule has 0 saturated heterocycles. The summed E-state index contributed by atoms with van der Waals surface area (Å²) in [6.07, 6.45) is 6.02. The van der Waals surface area contributed by atoms with Crippen molar-refractivity contribution in [3.8, 4) is 0 Å². The van der Waals surface area contributed by atoms with Crippen molar-refractivity contribution in [3.63, 3.8) is 0 Å². The lowest BCUT2D eigenvalue weighted by atomic mass is 9.96. The van der Waals surface area contributed by atoms with Crippen LogP contribution in [0.4, 0.5) is 5.69 Å². The minimum absolute atomic E-state index is 0.276. The van der Waals surface area contributed by atoms with E-state index in [9.17, 15) is 8.42 Å². The van der Waals surface area contributed by atoms with Crippen LogP contribution in [-0.2, 0) is 10.0 Å². The fourth-order valence-electron chi connectivity index (χ4n) is 2.91. The number of rotatable bonds is 4. The maximum absolute atomic E-state index is 12.4. The number of aryl methyl sites for hydroxylation is 1. The molecule has 24 heavy (non-hydrogen) atoms. The molecule has 1 saturated carbocycles. The molecule has 1 aromatic carbocycles. The lowest BCUT2D eigenvalue weighted by molar-refractivity contribution is 0.415. The predicted molar refractivity (Wildman–Crippen MR) is 103 cm³/mol. The van der Waals surface area contributed by atoms with E-state index in [2.05, 4.69) is 10.6 Å². The zero-order valence-electron chi connectivity index (χ0n) is 14.8. The smallest absolute Gasteiger partial charge is 0.242 e. The van der Waals surface area contributed by atoms with Crippen LogP contribution in [0.25, 0.3) is 0 Å². The second-order valence-corrected chi connectivity index (χ2v) is 9.19. The Morgan fingerprint density at radius 3 is 2.38 bits per heavy atom. The third-order valence-electron chi connectivity index (χ3n) is 4.61. The molecule has 7 heteroatoms. The summed E-state index contributed by atoms with van der Waals surface area (Å²) in [6.45, 7) is 3.87. The zero-order valence-corrected chi connectivity index (χ0v) is 16.5. The summed E-state index contributed by atoms with van der Waals surface area (Å²) in [4.78, 5) is 0.276. The predicted octanol–water partition coefficient (Wildman–Crippen LogP) is 3.17. The number of nitrogens with zero attached hydrogens (tertiary/aromatic N) is 1. The maximum atomic E-state index is 12.4. The molecule has 5 nitrogen and oxygen atoms in total. The third kappa shape index (κ3) is 4.46. The van der Waals surface area contributed by atoms with Crippen LogP contribution in [0.15, 0.2) is 17.0 Å². The second kappa shape index (κ2) is 7.80. The molecule has 0 atom stereocenters. The van der Waals surface area contributed by atoms with Gasteiger partial charge in [-0.15, -0.1) is 0 Å². The molecule has 0 heterocycles. The van der Waals surface area contributed by atoms with Gasteiger partial charge in [0.25, 0.3) is 0 Å². The molecule has 0 bridgehead atoms. The summed E-state index contributed by atoms with van der Waals surface area (Å²) in [6, 6.07) is 3.77. The minimum Gasteiger partial charge on any atom is -0.360 e. The van der Waals surface area contributed by atoms with Gasteiger partial charge in [-0.05, 0) is 62.2 Å². The van der Waals surface area contributed by atoms with Gasteiger partial charge < -0.3 is 10.6 Å². The maximum Gasteiger partial charge on any atom is 0.242 e. The SMILES string of the molecule is Cc1cc(S(=O)(=O)N(C)C)cc(NC(=S)NC2CCCCC2)c1C. The summed E-state index contributed by atoms with van der Waals surface area (Å²) < 4.78 is 26.0. The summed E-state index contributed by atoms with van der Waals surface area (Å²) in [7, 11) is -0.403. The van der Waals surface area contributed by atoms with Crippen LogP contribution < -0.4 is 10.6 Å². The summed E-state index contributed by atoms with van der Waals surface area (Å²) in [5.74, 6) is 0. The Kier molecular flexibility index (Phi) is 6.22. The summed E-state index contributed by atoms with van der Waals surface area (Å²) >= 11 is 5.43. The van der Waals surface area contributed by atoms with Crippen molar-refractivity contribution < 1.29 is 8.42 Å². The molecule has 0 aliphatic heterocycles. The molecule has 0 aromatic heterocycles. The Balaban J connectivity index is 2.20. The number of hydrogen-bond acceptors (Lipinski definition) is 3. The largest absolute Gasteiger partial charge is 0.360 e. The van der Waals surface area contributed by atoms with Crippen molar-refractivity contribution in [2.45, 2.75) is 56.9 Å². The standard InChI is InChI=1S/C17H27N3O2S2/c1-12-10-15(24(21,22)20(3)4)11-16(13(12)2)19-17(23)18-14-8-6-5-7-9-14/h10-11,14H,5-9H2,1-4H3,(H2,18,19,23). The lowest BCUT2D eigenvalue weighted by Crippen LogP contribution is -2.39. The Hall–Kier alpha value is -1.18. The monoisotopic (exact) mass is 369 g/mol. The number of hydrogen-bond donors (Lipinski definition) is 2. The first kappa shape index (κ1) is 19.1. The molecule has 0 radical (unpaired) electrons. The van der Waals surface area contributed by atoms with Crippen molar-refractivity contribution in [1.82, 2.24) is 9.62 Å². The van der Waals surface area contributed by atoms with Gasteiger partial charge in [0.15, 0.2) is 5.11 Å². The Bertz CT molecular complexity index is 709. The van der Waals surface area contributed by atoms with E-state index in [4.69, 9.17) is 12.2 Å². The van der Waals surface area contributed by atoms with E-state index in [0.717, 1.165) is 29.7 Å². The highest BCUT2D eigenvalue weighted by atomic mass is 32.2. The molecule has 0 unspecified atom stereocenters. The van der Waals surface area contributed by atoms with E-state index in [1.54, 1.807) is 12.1 Å². The van der Waals surface area contributed by atoms with Gasteiger partial charge in [0, 0.05) is 25.8 Å². The van der Waals surface area contributed by atoms with Gasteiger partial charge in [0.1, 0.15) is 0 Å². The normalized spacial score (nSPS) is 16.2. The van der Waals surface area contributed by atoms with Crippen LogP contribution in [0.2, 0.25) is 0 Å². The molecule has 1 aromatic rings. The Labute approximate surface area is 150 Å². The van der Waals surface area contributed by atoms with Crippen molar-refractivity contribution in [2.24, 2.45) is 0 Å². The number of nitrogens with one attached hydrogen (secondary N) is 2. The van der Waals surface area contributed by atoms with Gasteiger partial charge >= 0.3 is 0 Å². The van der Waals surface area contributed by atoms with Gasteiger partial charge in [-0.3, -0.25) is 0 Å². The van der Waals surface area contributed by atoms with Gasteiger partial charge in [0.2, 0.25) is 10.0 Å². The average molecular weight is 370 g/mol. The van der Waals surface area contributed by atoms with Gasteiger partial charge in [-0.25, -0.2) is 12.7 Å². The topological polar surface area (TPSA) is 61.4 Å². The summed E-state index contributed by atoms with van der Waals surface area (Å²) in [5, 5.41) is 7.10. The minimum atomic E-state index is -3.47. The summed E-state index contributed by atoms with van der Waals surface area (Å²) in [5.41, 5.74) is 2.66. The first-order valence-electron chi connectivity index (χ1n) is 8.33. The zero-order chi connectivity index (χ0) is 17.9. The van der Waals surface area contributed by atoms with Crippen LogP contribution >= 0.6 is 12.2 Å².